The lowest BCUT2D eigenvalue weighted by molar-refractivity contribution is 0.466. The second-order valence-corrected chi connectivity index (χ2v) is 7.35. The average Bonchev–Trinajstić information content (AvgIpc) is 2.89. The van der Waals surface area contributed by atoms with Crippen molar-refractivity contribution in [2.24, 2.45) is 4.99 Å². The van der Waals surface area contributed by atoms with Gasteiger partial charge in [0.1, 0.15) is 5.76 Å². The van der Waals surface area contributed by atoms with Crippen molar-refractivity contribution < 1.29 is 4.42 Å². The Kier molecular flexibility index (Phi) is 5.49. The number of hydrogen-bond donors (Lipinski definition) is 0. The summed E-state index contributed by atoms with van der Waals surface area (Å²) >= 11 is 16.8. The Balaban J connectivity index is 1.75. The van der Waals surface area contributed by atoms with Crippen LogP contribution < -0.4 is 0 Å². The van der Waals surface area contributed by atoms with E-state index in [4.69, 9.17) is 27.6 Å². The van der Waals surface area contributed by atoms with Gasteiger partial charge in [-0.1, -0.05) is 35.0 Å². The van der Waals surface area contributed by atoms with Gasteiger partial charge in [-0.05, 0) is 64.5 Å². The highest BCUT2D eigenvalue weighted by Gasteiger charge is 2.09. The molecule has 0 fully saturated rings. The van der Waals surface area contributed by atoms with Gasteiger partial charge in [-0.3, -0.25) is 4.99 Å². The summed E-state index contributed by atoms with van der Waals surface area (Å²) in [6.07, 6.45) is 1.68. The van der Waals surface area contributed by atoms with E-state index < -0.39 is 0 Å². The second kappa shape index (κ2) is 7.58. The van der Waals surface area contributed by atoms with E-state index in [9.17, 15) is 0 Å². The molecule has 0 atom stereocenters. The Bertz CT molecular complexity index is 829. The smallest absolute Gasteiger partial charge is 0.179 e. The number of aliphatic imine (C=N–C) groups is 1. The van der Waals surface area contributed by atoms with Crippen molar-refractivity contribution in [2.45, 2.75) is 9.99 Å². The topological polar surface area (TPSA) is 25.5 Å². The molecule has 116 valence electrons. The molecule has 0 aliphatic heterocycles. The first-order valence-corrected chi connectivity index (χ1v) is 8.99. The first-order chi connectivity index (χ1) is 11.1. The average molecular weight is 427 g/mol. The summed E-state index contributed by atoms with van der Waals surface area (Å²) in [5.41, 5.74) is 0.814. The van der Waals surface area contributed by atoms with Crippen LogP contribution in [0.3, 0.4) is 0 Å². The maximum atomic E-state index is 5.89. The summed E-state index contributed by atoms with van der Waals surface area (Å²) in [4.78, 5) is 5.41. The van der Waals surface area contributed by atoms with E-state index >= 15 is 0 Å². The Morgan fingerprint density at radius 2 is 1.57 bits per heavy atom. The molecule has 0 spiro atoms. The first kappa shape index (κ1) is 16.7. The minimum Gasteiger partial charge on any atom is -0.447 e. The molecule has 2 aromatic carbocycles. The predicted octanol–water partition coefficient (Wildman–Crippen LogP) is 7.25. The summed E-state index contributed by atoms with van der Waals surface area (Å²) in [6, 6.07) is 16.8. The van der Waals surface area contributed by atoms with Crippen molar-refractivity contribution in [1.82, 2.24) is 0 Å². The number of furan rings is 1. The van der Waals surface area contributed by atoms with Gasteiger partial charge in [-0.2, -0.15) is 0 Å². The van der Waals surface area contributed by atoms with Crippen LogP contribution >= 0.6 is 50.9 Å². The van der Waals surface area contributed by atoms with Gasteiger partial charge in [0.05, 0.1) is 16.4 Å². The number of benzene rings is 2. The van der Waals surface area contributed by atoms with Gasteiger partial charge in [-0.25, -0.2) is 0 Å². The highest BCUT2D eigenvalue weighted by molar-refractivity contribution is 9.10. The minimum absolute atomic E-state index is 0.670. The molecule has 0 radical (unpaired) electrons. The maximum Gasteiger partial charge on any atom is 0.179 e. The molecule has 6 heteroatoms. The third-order valence-electron chi connectivity index (χ3n) is 2.87. The van der Waals surface area contributed by atoms with Crippen molar-refractivity contribution >= 4 is 62.8 Å². The van der Waals surface area contributed by atoms with Gasteiger partial charge < -0.3 is 4.42 Å². The van der Waals surface area contributed by atoms with Crippen LogP contribution in [0.5, 0.6) is 0 Å². The molecule has 3 aromatic rings. The zero-order valence-corrected chi connectivity index (χ0v) is 15.6. The van der Waals surface area contributed by atoms with E-state index in [2.05, 4.69) is 20.9 Å². The fraction of sp³-hybridized carbons (Fsp3) is 0. The van der Waals surface area contributed by atoms with Crippen molar-refractivity contribution in [1.29, 1.82) is 0 Å². The molecule has 2 nitrogen and oxygen atoms in total. The van der Waals surface area contributed by atoms with Crippen LogP contribution in [0.4, 0.5) is 5.69 Å². The lowest BCUT2D eigenvalue weighted by Gasteiger charge is -1.98. The Labute approximate surface area is 156 Å². The lowest BCUT2D eigenvalue weighted by atomic mass is 10.3. The Hall–Kier alpha value is -1.20. The normalized spacial score (nSPS) is 11.3. The van der Waals surface area contributed by atoms with Crippen LogP contribution in [0.25, 0.3) is 0 Å². The maximum absolute atomic E-state index is 5.89. The lowest BCUT2D eigenvalue weighted by Crippen LogP contribution is -1.74. The molecule has 0 amide bonds. The number of nitrogens with zero attached hydrogens (tertiary/aromatic N) is 1. The monoisotopic (exact) mass is 425 g/mol. The fourth-order valence-electron chi connectivity index (χ4n) is 1.78. The molecule has 0 N–H and O–H groups in total. The van der Waals surface area contributed by atoms with Gasteiger partial charge >= 0.3 is 0 Å². The quantitative estimate of drug-likeness (QED) is 0.410. The molecule has 0 bridgehead atoms. The highest BCUT2D eigenvalue weighted by Crippen LogP contribution is 2.36. The van der Waals surface area contributed by atoms with Crippen molar-refractivity contribution in [2.75, 3.05) is 0 Å². The predicted molar refractivity (Wildman–Crippen MR) is 101 cm³/mol. The van der Waals surface area contributed by atoms with Gasteiger partial charge in [0.25, 0.3) is 0 Å². The summed E-state index contributed by atoms with van der Waals surface area (Å²) < 4.78 is 6.69. The molecule has 0 unspecified atom stereocenters. The van der Waals surface area contributed by atoms with Crippen LogP contribution in [-0.4, -0.2) is 6.21 Å². The third kappa shape index (κ3) is 4.64. The van der Waals surface area contributed by atoms with Gasteiger partial charge in [0.2, 0.25) is 0 Å². The summed E-state index contributed by atoms with van der Waals surface area (Å²) in [7, 11) is 0. The molecule has 1 aromatic heterocycles. The zero-order chi connectivity index (χ0) is 16.2. The van der Waals surface area contributed by atoms with Crippen LogP contribution in [0, 0.1) is 0 Å². The SMILES string of the molecule is Clc1ccc(N=Cc2cc(Br)c(Sc3ccc(Cl)cc3)o2)cc1. The molecule has 23 heavy (non-hydrogen) atoms. The van der Waals surface area contributed by atoms with Crippen LogP contribution in [-0.2, 0) is 0 Å². The minimum atomic E-state index is 0.670. The van der Waals surface area contributed by atoms with Crippen LogP contribution in [0.2, 0.25) is 10.0 Å². The number of halogens is 3. The van der Waals surface area contributed by atoms with E-state index in [1.807, 2.05) is 42.5 Å². The van der Waals surface area contributed by atoms with E-state index in [1.165, 1.54) is 11.8 Å². The third-order valence-corrected chi connectivity index (χ3v) is 5.22. The number of hydrogen-bond acceptors (Lipinski definition) is 3. The van der Waals surface area contributed by atoms with Crippen molar-refractivity contribution in [3.8, 4) is 0 Å². The first-order valence-electron chi connectivity index (χ1n) is 6.62. The van der Waals surface area contributed by atoms with Crippen molar-refractivity contribution in [3.63, 3.8) is 0 Å². The van der Waals surface area contributed by atoms with Crippen LogP contribution in [0.15, 0.2) is 78.5 Å². The van der Waals surface area contributed by atoms with E-state index in [0.29, 0.717) is 15.8 Å². The van der Waals surface area contributed by atoms with Gasteiger partial charge in [0.15, 0.2) is 5.09 Å². The Morgan fingerprint density at radius 3 is 2.22 bits per heavy atom. The largest absolute Gasteiger partial charge is 0.447 e. The van der Waals surface area contributed by atoms with Crippen LogP contribution in [0.1, 0.15) is 5.76 Å². The summed E-state index contributed by atoms with van der Waals surface area (Å²) in [6.45, 7) is 0. The molecular formula is C17H10BrCl2NOS. The molecule has 0 aliphatic rings. The number of rotatable bonds is 4. The van der Waals surface area contributed by atoms with E-state index in [0.717, 1.165) is 20.1 Å². The standard InChI is InChI=1S/C17H10BrCl2NOS/c18-16-9-14(10-21-13-5-1-11(19)2-6-13)22-17(16)23-15-7-3-12(20)4-8-15/h1-10H. The van der Waals surface area contributed by atoms with Gasteiger partial charge in [-0.15, -0.1) is 0 Å². The van der Waals surface area contributed by atoms with Crippen molar-refractivity contribution in [3.05, 3.63) is 74.9 Å². The summed E-state index contributed by atoms with van der Waals surface area (Å²) in [5, 5.41) is 2.17. The molecule has 1 heterocycles. The molecular weight excluding hydrogens is 417 g/mol. The van der Waals surface area contributed by atoms with E-state index in [1.54, 1.807) is 18.3 Å². The molecule has 0 aliphatic carbocycles. The second-order valence-electron chi connectivity index (χ2n) is 4.57. The molecule has 3 rings (SSSR count). The van der Waals surface area contributed by atoms with E-state index in [-0.39, 0.29) is 0 Å². The Morgan fingerprint density at radius 1 is 0.957 bits per heavy atom. The molecule has 0 saturated heterocycles. The summed E-state index contributed by atoms with van der Waals surface area (Å²) in [5.74, 6) is 0.670. The highest BCUT2D eigenvalue weighted by atomic mass is 79.9. The zero-order valence-electron chi connectivity index (χ0n) is 11.7. The molecule has 0 saturated carbocycles. The van der Waals surface area contributed by atoms with Gasteiger partial charge in [0, 0.05) is 21.0 Å². The fourth-order valence-corrected chi connectivity index (χ4v) is 3.36.